The van der Waals surface area contributed by atoms with Crippen LogP contribution in [0.15, 0.2) is 77.8 Å². The van der Waals surface area contributed by atoms with Crippen LogP contribution >= 0.6 is 0 Å². The summed E-state index contributed by atoms with van der Waals surface area (Å²) in [5, 5.41) is 6.73. The van der Waals surface area contributed by atoms with E-state index in [0.717, 1.165) is 28.6 Å². The van der Waals surface area contributed by atoms with Crippen molar-refractivity contribution in [3.05, 3.63) is 95.1 Å². The van der Waals surface area contributed by atoms with E-state index in [1.165, 1.54) is 11.1 Å². The van der Waals surface area contributed by atoms with Crippen molar-refractivity contribution < 1.29 is 14.2 Å². The fourth-order valence-electron chi connectivity index (χ4n) is 3.36. The van der Waals surface area contributed by atoms with Crippen LogP contribution in [0.25, 0.3) is 0 Å². The molecular formula is C25H27N3O3. The normalized spacial score (nSPS) is 12.6. The van der Waals surface area contributed by atoms with Crippen LogP contribution in [0.2, 0.25) is 0 Å². The molecule has 0 amide bonds. The summed E-state index contributed by atoms with van der Waals surface area (Å²) in [5.41, 5.74) is 4.62. The summed E-state index contributed by atoms with van der Waals surface area (Å²) in [7, 11) is 1.77. The molecule has 31 heavy (non-hydrogen) atoms. The van der Waals surface area contributed by atoms with Gasteiger partial charge in [0.1, 0.15) is 0 Å². The number of aliphatic imine (C=N–C) groups is 1. The number of fused-ring (bicyclic) bond motifs is 1. The number of nitrogens with one attached hydrogen (secondary N) is 2. The van der Waals surface area contributed by atoms with Gasteiger partial charge in [0.15, 0.2) is 17.5 Å². The van der Waals surface area contributed by atoms with Gasteiger partial charge >= 0.3 is 0 Å². The van der Waals surface area contributed by atoms with Gasteiger partial charge in [0, 0.05) is 20.1 Å². The van der Waals surface area contributed by atoms with Crippen LogP contribution in [-0.2, 0) is 31.0 Å². The lowest BCUT2D eigenvalue weighted by Crippen LogP contribution is -2.36. The number of hydrogen-bond donors (Lipinski definition) is 2. The molecule has 3 aromatic carbocycles. The molecule has 0 fully saturated rings. The van der Waals surface area contributed by atoms with Crippen LogP contribution in [-0.4, -0.2) is 19.8 Å². The van der Waals surface area contributed by atoms with Crippen molar-refractivity contribution in [1.29, 1.82) is 0 Å². The topological polar surface area (TPSA) is 64.1 Å². The SMILES string of the molecule is CN=C(NCc1ccc2c(c1)OCO2)NCc1ccccc1COCc1ccccc1. The van der Waals surface area contributed by atoms with Gasteiger partial charge in [-0.3, -0.25) is 4.99 Å². The van der Waals surface area contributed by atoms with Gasteiger partial charge in [-0.15, -0.1) is 0 Å². The number of rotatable bonds is 8. The summed E-state index contributed by atoms with van der Waals surface area (Å²) in [6.07, 6.45) is 0. The Hall–Kier alpha value is -3.51. The van der Waals surface area contributed by atoms with Crippen molar-refractivity contribution in [3.63, 3.8) is 0 Å². The van der Waals surface area contributed by atoms with E-state index in [0.29, 0.717) is 26.3 Å². The van der Waals surface area contributed by atoms with Crippen LogP contribution < -0.4 is 20.1 Å². The van der Waals surface area contributed by atoms with E-state index in [2.05, 4.69) is 39.9 Å². The third kappa shape index (κ3) is 5.77. The minimum absolute atomic E-state index is 0.282. The van der Waals surface area contributed by atoms with Crippen LogP contribution in [0.3, 0.4) is 0 Å². The standard InChI is InChI=1S/C25H27N3O3/c1-26-25(27-14-20-11-12-23-24(13-20)31-18-30-23)28-15-21-9-5-6-10-22(21)17-29-16-19-7-3-2-4-8-19/h2-13H,14-18H2,1H3,(H2,26,27,28). The molecule has 6 heteroatoms. The molecule has 0 spiro atoms. The third-order valence-electron chi connectivity index (χ3n) is 5.05. The van der Waals surface area contributed by atoms with Gasteiger partial charge in [-0.25, -0.2) is 0 Å². The first kappa shape index (κ1) is 20.8. The molecule has 160 valence electrons. The second-order valence-corrected chi connectivity index (χ2v) is 7.21. The first-order valence-electron chi connectivity index (χ1n) is 10.3. The van der Waals surface area contributed by atoms with Crippen molar-refractivity contribution >= 4 is 5.96 Å². The van der Waals surface area contributed by atoms with Crippen LogP contribution in [0.1, 0.15) is 22.3 Å². The highest BCUT2D eigenvalue weighted by molar-refractivity contribution is 5.79. The molecule has 1 aliphatic heterocycles. The Bertz CT molecular complexity index is 1020. The fourth-order valence-corrected chi connectivity index (χ4v) is 3.36. The molecule has 0 aliphatic carbocycles. The van der Waals surface area contributed by atoms with E-state index in [-0.39, 0.29) is 6.79 Å². The fraction of sp³-hybridized carbons (Fsp3) is 0.240. The van der Waals surface area contributed by atoms with Crippen molar-refractivity contribution in [1.82, 2.24) is 10.6 Å². The second kappa shape index (κ2) is 10.5. The first-order valence-corrected chi connectivity index (χ1v) is 10.3. The molecule has 2 N–H and O–H groups in total. The zero-order valence-electron chi connectivity index (χ0n) is 17.6. The minimum Gasteiger partial charge on any atom is -0.454 e. The third-order valence-corrected chi connectivity index (χ3v) is 5.05. The molecule has 0 saturated carbocycles. The lowest BCUT2D eigenvalue weighted by Gasteiger charge is -2.15. The van der Waals surface area contributed by atoms with E-state index in [4.69, 9.17) is 14.2 Å². The van der Waals surface area contributed by atoms with Crippen LogP contribution in [0, 0.1) is 0 Å². The van der Waals surface area contributed by atoms with Crippen molar-refractivity contribution in [3.8, 4) is 11.5 Å². The Labute approximate surface area is 182 Å². The maximum Gasteiger partial charge on any atom is 0.231 e. The molecule has 1 aliphatic rings. The second-order valence-electron chi connectivity index (χ2n) is 7.21. The largest absolute Gasteiger partial charge is 0.454 e. The molecule has 0 unspecified atom stereocenters. The van der Waals surface area contributed by atoms with E-state index in [9.17, 15) is 0 Å². The Balaban J connectivity index is 1.28. The molecule has 4 rings (SSSR count). The van der Waals surface area contributed by atoms with E-state index in [1.54, 1.807) is 7.05 Å². The number of benzene rings is 3. The highest BCUT2D eigenvalue weighted by Gasteiger charge is 2.13. The number of nitrogens with zero attached hydrogens (tertiary/aromatic N) is 1. The molecule has 0 radical (unpaired) electrons. The zero-order valence-corrected chi connectivity index (χ0v) is 17.6. The van der Waals surface area contributed by atoms with Gasteiger partial charge in [-0.1, -0.05) is 60.7 Å². The zero-order chi connectivity index (χ0) is 21.3. The molecule has 1 heterocycles. The molecular weight excluding hydrogens is 390 g/mol. The smallest absolute Gasteiger partial charge is 0.231 e. The Kier molecular flexibility index (Phi) is 7.03. The van der Waals surface area contributed by atoms with E-state index >= 15 is 0 Å². The van der Waals surface area contributed by atoms with Crippen LogP contribution in [0.5, 0.6) is 11.5 Å². The molecule has 0 bridgehead atoms. The Morgan fingerprint density at radius 3 is 2.39 bits per heavy atom. The quantitative estimate of drug-likeness (QED) is 0.429. The van der Waals surface area contributed by atoms with Crippen molar-refractivity contribution in [2.75, 3.05) is 13.8 Å². The molecule has 3 aromatic rings. The average molecular weight is 418 g/mol. The Morgan fingerprint density at radius 2 is 1.55 bits per heavy atom. The summed E-state index contributed by atoms with van der Waals surface area (Å²) in [4.78, 5) is 4.33. The van der Waals surface area contributed by atoms with Gasteiger partial charge in [-0.2, -0.15) is 0 Å². The van der Waals surface area contributed by atoms with Gasteiger partial charge in [0.2, 0.25) is 6.79 Å². The maximum absolute atomic E-state index is 5.93. The summed E-state index contributed by atoms with van der Waals surface area (Å²) >= 11 is 0. The lowest BCUT2D eigenvalue weighted by atomic mass is 10.1. The number of hydrogen-bond acceptors (Lipinski definition) is 4. The van der Waals surface area contributed by atoms with Gasteiger partial charge in [0.05, 0.1) is 13.2 Å². The van der Waals surface area contributed by atoms with E-state index in [1.807, 2.05) is 48.5 Å². The monoisotopic (exact) mass is 417 g/mol. The summed E-state index contributed by atoms with van der Waals surface area (Å²) in [5.74, 6) is 2.31. The highest BCUT2D eigenvalue weighted by Crippen LogP contribution is 2.32. The highest BCUT2D eigenvalue weighted by atomic mass is 16.7. The summed E-state index contributed by atoms with van der Waals surface area (Å²) in [6.45, 7) is 2.74. The predicted octanol–water partition coefficient (Wildman–Crippen LogP) is 4.00. The predicted molar refractivity (Wildman–Crippen MR) is 121 cm³/mol. The number of ether oxygens (including phenoxy) is 3. The van der Waals surface area contributed by atoms with Crippen molar-refractivity contribution in [2.45, 2.75) is 26.3 Å². The average Bonchev–Trinajstić information content (AvgIpc) is 3.29. The first-order chi connectivity index (χ1) is 15.3. The van der Waals surface area contributed by atoms with E-state index < -0.39 is 0 Å². The minimum atomic E-state index is 0.282. The van der Waals surface area contributed by atoms with Gasteiger partial charge in [0.25, 0.3) is 0 Å². The Morgan fingerprint density at radius 1 is 0.806 bits per heavy atom. The van der Waals surface area contributed by atoms with Gasteiger partial charge < -0.3 is 24.8 Å². The molecule has 0 atom stereocenters. The summed E-state index contributed by atoms with van der Waals surface area (Å²) in [6, 6.07) is 24.4. The maximum atomic E-state index is 5.93. The summed E-state index contributed by atoms with van der Waals surface area (Å²) < 4.78 is 16.7. The number of guanidine groups is 1. The molecule has 0 saturated heterocycles. The van der Waals surface area contributed by atoms with Crippen molar-refractivity contribution in [2.24, 2.45) is 4.99 Å². The lowest BCUT2D eigenvalue weighted by molar-refractivity contribution is 0.106. The molecule has 0 aromatic heterocycles. The van der Waals surface area contributed by atoms with Crippen LogP contribution in [0.4, 0.5) is 0 Å². The van der Waals surface area contributed by atoms with Gasteiger partial charge in [-0.05, 0) is 34.4 Å². The molecule has 6 nitrogen and oxygen atoms in total.